The molecule has 0 bridgehead atoms. The molecule has 0 aromatic carbocycles. The predicted octanol–water partition coefficient (Wildman–Crippen LogP) is 1.55. The Morgan fingerprint density at radius 2 is 2.31 bits per heavy atom. The average Bonchev–Trinajstić information content (AvgIpc) is 2.87. The van der Waals surface area contributed by atoms with E-state index < -0.39 is 0 Å². The third kappa shape index (κ3) is 2.38. The fourth-order valence-corrected chi connectivity index (χ4v) is 3.94. The lowest BCUT2D eigenvalue weighted by atomic mass is 10.0. The lowest BCUT2D eigenvalue weighted by Crippen LogP contribution is -2.47. The molecule has 0 radical (unpaired) electrons. The Hall–Kier alpha value is -0.220. The smallest absolute Gasteiger partial charge is 0.236 e. The van der Waals surface area contributed by atoms with Crippen molar-refractivity contribution >= 4 is 17.7 Å². The third-order valence-corrected chi connectivity index (χ3v) is 5.43. The van der Waals surface area contributed by atoms with Crippen LogP contribution < -0.4 is 5.32 Å². The number of hydrogen-bond acceptors (Lipinski definition) is 3. The standard InChI is InChI=1S/C12H21NO2S/c1-12(6-3-7-16-12)11(15)13-10-5-2-4-9(10)8-14/h9-10,14H,2-8H2,1H3,(H,13,15). The third-order valence-electron chi connectivity index (χ3n) is 3.91. The van der Waals surface area contributed by atoms with Gasteiger partial charge in [-0.1, -0.05) is 6.42 Å². The van der Waals surface area contributed by atoms with E-state index in [1.165, 1.54) is 0 Å². The molecule has 2 fully saturated rings. The SMILES string of the molecule is CC1(C(=O)NC2CCCC2CO)CCCS1. The van der Waals surface area contributed by atoms with Crippen molar-refractivity contribution in [3.8, 4) is 0 Å². The zero-order valence-electron chi connectivity index (χ0n) is 9.87. The molecule has 2 rings (SSSR count). The summed E-state index contributed by atoms with van der Waals surface area (Å²) in [6.07, 6.45) is 5.33. The average molecular weight is 243 g/mol. The van der Waals surface area contributed by atoms with E-state index in [0.29, 0.717) is 0 Å². The second-order valence-electron chi connectivity index (χ2n) is 5.14. The maximum atomic E-state index is 12.2. The summed E-state index contributed by atoms with van der Waals surface area (Å²) in [6.45, 7) is 2.25. The highest BCUT2D eigenvalue weighted by Gasteiger charge is 2.39. The second kappa shape index (κ2) is 4.96. The quantitative estimate of drug-likeness (QED) is 0.790. The van der Waals surface area contributed by atoms with Gasteiger partial charge in [-0.2, -0.15) is 0 Å². The highest BCUT2D eigenvalue weighted by molar-refractivity contribution is 8.01. The van der Waals surface area contributed by atoms with Crippen LogP contribution in [0.4, 0.5) is 0 Å². The van der Waals surface area contributed by atoms with E-state index in [1.54, 1.807) is 11.8 Å². The summed E-state index contributed by atoms with van der Waals surface area (Å²) < 4.78 is -0.220. The van der Waals surface area contributed by atoms with E-state index in [1.807, 2.05) is 6.92 Å². The van der Waals surface area contributed by atoms with Crippen molar-refractivity contribution < 1.29 is 9.90 Å². The van der Waals surface area contributed by atoms with Gasteiger partial charge in [0.25, 0.3) is 0 Å². The lowest BCUT2D eigenvalue weighted by molar-refractivity contribution is -0.124. The number of aliphatic hydroxyl groups excluding tert-OH is 1. The van der Waals surface area contributed by atoms with Crippen LogP contribution in [-0.2, 0) is 4.79 Å². The van der Waals surface area contributed by atoms with Gasteiger partial charge in [-0.15, -0.1) is 11.8 Å². The number of nitrogens with one attached hydrogen (secondary N) is 1. The summed E-state index contributed by atoms with van der Waals surface area (Å²) in [5.41, 5.74) is 0. The summed E-state index contributed by atoms with van der Waals surface area (Å²) in [5.74, 6) is 1.55. The van der Waals surface area contributed by atoms with Gasteiger partial charge < -0.3 is 10.4 Å². The van der Waals surface area contributed by atoms with Gasteiger partial charge >= 0.3 is 0 Å². The van der Waals surface area contributed by atoms with Gasteiger partial charge in [-0.3, -0.25) is 4.79 Å². The molecule has 1 heterocycles. The first-order valence-electron chi connectivity index (χ1n) is 6.21. The summed E-state index contributed by atoms with van der Waals surface area (Å²) >= 11 is 1.77. The van der Waals surface area contributed by atoms with Crippen molar-refractivity contribution in [3.63, 3.8) is 0 Å². The minimum Gasteiger partial charge on any atom is -0.396 e. The van der Waals surface area contributed by atoms with Gasteiger partial charge in [-0.05, 0) is 38.4 Å². The topological polar surface area (TPSA) is 49.3 Å². The van der Waals surface area contributed by atoms with Crippen LogP contribution in [0.25, 0.3) is 0 Å². The molecule has 0 aromatic heterocycles. The molecule has 3 unspecified atom stereocenters. The molecule has 1 amide bonds. The maximum absolute atomic E-state index is 12.2. The Morgan fingerprint density at radius 3 is 2.94 bits per heavy atom. The first-order chi connectivity index (χ1) is 7.65. The first-order valence-corrected chi connectivity index (χ1v) is 7.20. The molecule has 0 aromatic rings. The number of hydrogen-bond donors (Lipinski definition) is 2. The van der Waals surface area contributed by atoms with Crippen LogP contribution in [0.1, 0.15) is 39.0 Å². The van der Waals surface area contributed by atoms with E-state index in [0.717, 1.165) is 37.9 Å². The van der Waals surface area contributed by atoms with E-state index in [-0.39, 0.29) is 29.2 Å². The Kier molecular flexibility index (Phi) is 3.80. The van der Waals surface area contributed by atoms with Crippen LogP contribution in [-0.4, -0.2) is 34.2 Å². The van der Waals surface area contributed by atoms with Crippen molar-refractivity contribution in [1.82, 2.24) is 5.32 Å². The molecular weight excluding hydrogens is 222 g/mol. The number of carbonyl (C=O) groups excluding carboxylic acids is 1. The molecule has 1 saturated heterocycles. The minimum atomic E-state index is -0.220. The van der Waals surface area contributed by atoms with E-state index in [2.05, 4.69) is 5.32 Å². The Balaban J connectivity index is 1.91. The summed E-state index contributed by atoms with van der Waals surface area (Å²) in [6, 6.07) is 0.204. The molecule has 2 aliphatic rings. The maximum Gasteiger partial charge on any atom is 0.236 e. The van der Waals surface area contributed by atoms with Crippen LogP contribution in [0, 0.1) is 5.92 Å². The van der Waals surface area contributed by atoms with Gasteiger partial charge in [0.05, 0.1) is 4.75 Å². The monoisotopic (exact) mass is 243 g/mol. The van der Waals surface area contributed by atoms with Gasteiger partial charge in [0.1, 0.15) is 0 Å². The fraction of sp³-hybridized carbons (Fsp3) is 0.917. The summed E-state index contributed by atoms with van der Waals surface area (Å²) in [7, 11) is 0. The number of aliphatic hydroxyl groups is 1. The Labute approximate surface area is 101 Å². The van der Waals surface area contributed by atoms with Crippen LogP contribution in [0.2, 0.25) is 0 Å². The molecule has 3 atom stereocenters. The van der Waals surface area contributed by atoms with E-state index in [9.17, 15) is 9.90 Å². The molecule has 1 saturated carbocycles. The van der Waals surface area contributed by atoms with Crippen molar-refractivity contribution in [2.24, 2.45) is 5.92 Å². The van der Waals surface area contributed by atoms with Crippen LogP contribution in [0.3, 0.4) is 0 Å². The van der Waals surface area contributed by atoms with E-state index in [4.69, 9.17) is 0 Å². The minimum absolute atomic E-state index is 0.181. The van der Waals surface area contributed by atoms with Gasteiger partial charge in [0, 0.05) is 18.6 Å². The largest absolute Gasteiger partial charge is 0.396 e. The molecule has 92 valence electrons. The van der Waals surface area contributed by atoms with Gasteiger partial charge in [0.15, 0.2) is 0 Å². The summed E-state index contributed by atoms with van der Waals surface area (Å²) in [4.78, 5) is 12.2. The van der Waals surface area contributed by atoms with Crippen molar-refractivity contribution in [2.45, 2.75) is 49.8 Å². The summed E-state index contributed by atoms with van der Waals surface area (Å²) in [5, 5.41) is 12.4. The molecule has 3 nitrogen and oxygen atoms in total. The highest BCUT2D eigenvalue weighted by atomic mass is 32.2. The number of rotatable bonds is 3. The van der Waals surface area contributed by atoms with Crippen LogP contribution >= 0.6 is 11.8 Å². The van der Waals surface area contributed by atoms with Crippen molar-refractivity contribution in [1.29, 1.82) is 0 Å². The Bertz CT molecular complexity index is 264. The number of amides is 1. The molecule has 1 aliphatic carbocycles. The van der Waals surface area contributed by atoms with Crippen molar-refractivity contribution in [2.75, 3.05) is 12.4 Å². The molecule has 2 N–H and O–H groups in total. The fourth-order valence-electron chi connectivity index (χ4n) is 2.72. The predicted molar refractivity (Wildman–Crippen MR) is 66.5 cm³/mol. The zero-order chi connectivity index (χ0) is 11.6. The van der Waals surface area contributed by atoms with E-state index >= 15 is 0 Å². The lowest BCUT2D eigenvalue weighted by Gasteiger charge is -2.26. The normalized spacial score (nSPS) is 38.9. The van der Waals surface area contributed by atoms with Gasteiger partial charge in [-0.25, -0.2) is 0 Å². The van der Waals surface area contributed by atoms with Crippen molar-refractivity contribution in [3.05, 3.63) is 0 Å². The molecule has 0 spiro atoms. The Morgan fingerprint density at radius 1 is 1.50 bits per heavy atom. The van der Waals surface area contributed by atoms with Crippen LogP contribution in [0.5, 0.6) is 0 Å². The molecule has 16 heavy (non-hydrogen) atoms. The number of thioether (sulfide) groups is 1. The second-order valence-corrected chi connectivity index (χ2v) is 6.73. The van der Waals surface area contributed by atoms with Gasteiger partial charge in [0.2, 0.25) is 5.91 Å². The number of carbonyl (C=O) groups is 1. The van der Waals surface area contributed by atoms with Crippen LogP contribution in [0.15, 0.2) is 0 Å². The zero-order valence-corrected chi connectivity index (χ0v) is 10.7. The first kappa shape index (κ1) is 12.2. The highest BCUT2D eigenvalue weighted by Crippen LogP contribution is 2.38. The molecule has 1 aliphatic heterocycles. The molecule has 4 heteroatoms. The molecular formula is C12H21NO2S.